The highest BCUT2D eigenvalue weighted by Gasteiger charge is 2.23. The molecule has 0 heteroatoms. The highest BCUT2D eigenvalue weighted by atomic mass is 14.3. The van der Waals surface area contributed by atoms with Crippen molar-refractivity contribution in [3.05, 3.63) is 18.1 Å². The quantitative estimate of drug-likeness (QED) is 0.419. The maximum absolute atomic E-state index is 2.35. The SMILES string of the molecule is CC1=CC[CH]C1(C)C. The van der Waals surface area contributed by atoms with Gasteiger partial charge in [-0.3, -0.25) is 0 Å². The summed E-state index contributed by atoms with van der Waals surface area (Å²) in [5.41, 5.74) is 1.90. The average Bonchev–Trinajstić information content (AvgIpc) is 1.86. The summed E-state index contributed by atoms with van der Waals surface area (Å²) in [6, 6.07) is 0. The largest absolute Gasteiger partial charge is 0.0847 e. The molecule has 1 radical (unpaired) electrons. The second kappa shape index (κ2) is 1.61. The van der Waals surface area contributed by atoms with Gasteiger partial charge in [0.2, 0.25) is 0 Å². The molecule has 0 N–H and O–H groups in total. The molecule has 0 aliphatic heterocycles. The Hall–Kier alpha value is -0.260. The van der Waals surface area contributed by atoms with E-state index in [1.54, 1.807) is 0 Å². The Morgan fingerprint density at radius 3 is 2.25 bits per heavy atom. The molecule has 0 saturated heterocycles. The van der Waals surface area contributed by atoms with E-state index in [2.05, 4.69) is 33.3 Å². The van der Waals surface area contributed by atoms with Crippen molar-refractivity contribution in [3.8, 4) is 0 Å². The molecule has 0 fully saturated rings. The number of hydrogen-bond donors (Lipinski definition) is 0. The maximum Gasteiger partial charge on any atom is -0.0113 e. The van der Waals surface area contributed by atoms with Gasteiger partial charge in [-0.2, -0.15) is 0 Å². The van der Waals surface area contributed by atoms with Gasteiger partial charge in [0, 0.05) is 0 Å². The highest BCUT2D eigenvalue weighted by Crippen LogP contribution is 2.35. The fourth-order valence-electron chi connectivity index (χ4n) is 0.954. The lowest BCUT2D eigenvalue weighted by atomic mass is 9.87. The molecule has 45 valence electrons. The third kappa shape index (κ3) is 0.795. The molecule has 0 nitrogen and oxygen atoms in total. The van der Waals surface area contributed by atoms with Gasteiger partial charge in [-0.05, 0) is 25.2 Å². The molecular weight excluding hydrogens is 96.1 g/mol. The molecule has 1 rings (SSSR count). The Balaban J connectivity index is 2.73. The molecule has 0 aromatic heterocycles. The maximum atomic E-state index is 2.35. The molecule has 0 saturated carbocycles. The summed E-state index contributed by atoms with van der Waals surface area (Å²) in [4.78, 5) is 0. The van der Waals surface area contributed by atoms with Gasteiger partial charge >= 0.3 is 0 Å². The second-order valence-electron chi connectivity index (χ2n) is 3.05. The lowest BCUT2D eigenvalue weighted by Crippen LogP contribution is -2.07. The normalized spacial score (nSPS) is 25.6. The van der Waals surface area contributed by atoms with Crippen LogP contribution in [-0.2, 0) is 0 Å². The van der Waals surface area contributed by atoms with Crippen LogP contribution in [-0.4, -0.2) is 0 Å². The van der Waals surface area contributed by atoms with E-state index in [4.69, 9.17) is 0 Å². The highest BCUT2D eigenvalue weighted by molar-refractivity contribution is 5.22. The molecule has 0 amide bonds. The van der Waals surface area contributed by atoms with Gasteiger partial charge in [-0.15, -0.1) is 0 Å². The Morgan fingerprint density at radius 1 is 1.50 bits per heavy atom. The van der Waals surface area contributed by atoms with E-state index in [-0.39, 0.29) is 0 Å². The summed E-state index contributed by atoms with van der Waals surface area (Å²) < 4.78 is 0. The monoisotopic (exact) mass is 109 g/mol. The zero-order valence-corrected chi connectivity index (χ0v) is 5.86. The molecule has 0 bridgehead atoms. The minimum atomic E-state index is 0.389. The predicted octanol–water partition coefficient (Wildman–Crippen LogP) is 2.57. The second-order valence-corrected chi connectivity index (χ2v) is 3.05. The Labute approximate surface area is 51.6 Å². The van der Waals surface area contributed by atoms with Crippen molar-refractivity contribution in [1.82, 2.24) is 0 Å². The third-order valence-corrected chi connectivity index (χ3v) is 2.07. The van der Waals surface area contributed by atoms with E-state index < -0.39 is 0 Å². The van der Waals surface area contributed by atoms with Gasteiger partial charge in [0.05, 0.1) is 0 Å². The van der Waals surface area contributed by atoms with Crippen LogP contribution in [0.4, 0.5) is 0 Å². The van der Waals surface area contributed by atoms with Crippen molar-refractivity contribution in [2.45, 2.75) is 27.2 Å². The van der Waals surface area contributed by atoms with Gasteiger partial charge in [0.1, 0.15) is 0 Å². The first-order valence-corrected chi connectivity index (χ1v) is 3.14. The summed E-state index contributed by atoms with van der Waals surface area (Å²) in [7, 11) is 0. The van der Waals surface area contributed by atoms with E-state index in [1.807, 2.05) is 0 Å². The van der Waals surface area contributed by atoms with Gasteiger partial charge in [-0.1, -0.05) is 25.5 Å². The third-order valence-electron chi connectivity index (χ3n) is 2.07. The van der Waals surface area contributed by atoms with E-state index in [9.17, 15) is 0 Å². The Bertz CT molecular complexity index is 118. The molecule has 0 heterocycles. The van der Waals surface area contributed by atoms with Crippen LogP contribution in [0.3, 0.4) is 0 Å². The van der Waals surface area contributed by atoms with Gasteiger partial charge in [0.25, 0.3) is 0 Å². The fourth-order valence-corrected chi connectivity index (χ4v) is 0.954. The zero-order valence-electron chi connectivity index (χ0n) is 5.86. The van der Waals surface area contributed by atoms with Crippen LogP contribution < -0.4 is 0 Å². The van der Waals surface area contributed by atoms with E-state index in [1.165, 1.54) is 12.0 Å². The number of allylic oxidation sites excluding steroid dienone is 2. The summed E-state index contributed by atoms with van der Waals surface area (Å²) in [6.07, 6.45) is 5.81. The molecule has 0 spiro atoms. The lowest BCUT2D eigenvalue weighted by molar-refractivity contribution is 0.547. The van der Waals surface area contributed by atoms with Crippen molar-refractivity contribution < 1.29 is 0 Å². The molecule has 8 heavy (non-hydrogen) atoms. The van der Waals surface area contributed by atoms with Crippen LogP contribution in [0.2, 0.25) is 0 Å². The lowest BCUT2D eigenvalue weighted by Gasteiger charge is -2.18. The van der Waals surface area contributed by atoms with Crippen LogP contribution in [0, 0.1) is 11.8 Å². The van der Waals surface area contributed by atoms with E-state index in [0.717, 1.165) is 0 Å². The van der Waals surface area contributed by atoms with Crippen molar-refractivity contribution in [1.29, 1.82) is 0 Å². The summed E-state index contributed by atoms with van der Waals surface area (Å²) >= 11 is 0. The van der Waals surface area contributed by atoms with Gasteiger partial charge < -0.3 is 0 Å². The van der Waals surface area contributed by atoms with Crippen LogP contribution in [0.5, 0.6) is 0 Å². The Kier molecular flexibility index (Phi) is 1.18. The topological polar surface area (TPSA) is 0 Å². The van der Waals surface area contributed by atoms with Crippen molar-refractivity contribution in [2.75, 3.05) is 0 Å². The summed E-state index contributed by atoms with van der Waals surface area (Å²) in [5.74, 6) is 0. The molecule has 0 aromatic rings. The van der Waals surface area contributed by atoms with E-state index >= 15 is 0 Å². The predicted molar refractivity (Wildman–Crippen MR) is 36.5 cm³/mol. The summed E-state index contributed by atoms with van der Waals surface area (Å²) in [6.45, 7) is 6.71. The number of hydrogen-bond acceptors (Lipinski definition) is 0. The molecule has 1 aliphatic rings. The standard InChI is InChI=1S/C8H13/c1-7-5-4-6-8(7,2)3/h5-6H,4H2,1-3H3. The average molecular weight is 109 g/mol. The van der Waals surface area contributed by atoms with Crippen LogP contribution >= 0.6 is 0 Å². The first-order chi connectivity index (χ1) is 3.63. The first-order valence-electron chi connectivity index (χ1n) is 3.14. The minimum Gasteiger partial charge on any atom is -0.0847 e. The number of rotatable bonds is 0. The molecule has 1 aliphatic carbocycles. The van der Waals surface area contributed by atoms with Gasteiger partial charge in [-0.25, -0.2) is 0 Å². The Morgan fingerprint density at radius 2 is 2.12 bits per heavy atom. The minimum absolute atomic E-state index is 0.389. The smallest absolute Gasteiger partial charge is 0.0113 e. The summed E-state index contributed by atoms with van der Waals surface area (Å²) in [5, 5.41) is 0. The molecule has 0 aromatic carbocycles. The van der Waals surface area contributed by atoms with Crippen LogP contribution in [0.15, 0.2) is 11.6 Å². The van der Waals surface area contributed by atoms with Gasteiger partial charge in [0.15, 0.2) is 0 Å². The van der Waals surface area contributed by atoms with Crippen LogP contribution in [0.25, 0.3) is 0 Å². The first kappa shape index (κ1) is 5.87. The van der Waals surface area contributed by atoms with Crippen LogP contribution in [0.1, 0.15) is 27.2 Å². The van der Waals surface area contributed by atoms with E-state index in [0.29, 0.717) is 5.41 Å². The molecular formula is C8H13. The zero-order chi connectivity index (χ0) is 6.20. The molecule has 0 unspecified atom stereocenters. The van der Waals surface area contributed by atoms with Crippen molar-refractivity contribution in [2.24, 2.45) is 5.41 Å². The fraction of sp³-hybridized carbons (Fsp3) is 0.625. The van der Waals surface area contributed by atoms with Crippen molar-refractivity contribution in [3.63, 3.8) is 0 Å². The molecule has 0 atom stereocenters. The van der Waals surface area contributed by atoms with Crippen molar-refractivity contribution >= 4 is 0 Å².